The normalized spacial score (nSPS) is 20.0. The van der Waals surface area contributed by atoms with Crippen molar-refractivity contribution < 1.29 is 9.84 Å². The number of ether oxygens (including phenoxy) is 1. The molecule has 2 aliphatic rings. The second-order valence-corrected chi connectivity index (χ2v) is 8.69. The van der Waals surface area contributed by atoms with Crippen LogP contribution in [0.15, 0.2) is 53.3 Å². The number of aromatic nitrogens is 1. The Morgan fingerprint density at radius 2 is 1.90 bits per heavy atom. The van der Waals surface area contributed by atoms with Crippen LogP contribution in [0, 0.1) is 0 Å². The number of hydrogen-bond acceptors (Lipinski definition) is 6. The van der Waals surface area contributed by atoms with Crippen LogP contribution < -0.4 is 9.80 Å². The Morgan fingerprint density at radius 3 is 2.58 bits per heavy atom. The van der Waals surface area contributed by atoms with Gasteiger partial charge < -0.3 is 14.7 Å². The SMILES string of the molecule is CC1=CC(O)N(c2ccc(N3CCC(OCc4cc(Cl)ccn4)CC3)c(Cl)c2)C(C)=N1. The molecule has 2 aromatic rings. The van der Waals surface area contributed by atoms with Gasteiger partial charge in [-0.15, -0.1) is 0 Å². The summed E-state index contributed by atoms with van der Waals surface area (Å²) in [4.78, 5) is 12.8. The van der Waals surface area contributed by atoms with Gasteiger partial charge in [-0.3, -0.25) is 9.88 Å². The molecule has 0 amide bonds. The van der Waals surface area contributed by atoms with Gasteiger partial charge in [0, 0.05) is 35.7 Å². The first-order chi connectivity index (χ1) is 14.9. The number of piperidine rings is 1. The number of amidine groups is 1. The van der Waals surface area contributed by atoms with Crippen molar-refractivity contribution in [1.82, 2.24) is 4.98 Å². The highest BCUT2D eigenvalue weighted by molar-refractivity contribution is 6.33. The predicted octanol–water partition coefficient (Wildman–Crippen LogP) is 5.03. The number of halogens is 2. The van der Waals surface area contributed by atoms with Gasteiger partial charge in [-0.25, -0.2) is 4.99 Å². The van der Waals surface area contributed by atoms with Crippen molar-refractivity contribution in [2.75, 3.05) is 22.9 Å². The van der Waals surface area contributed by atoms with E-state index in [0.29, 0.717) is 16.7 Å². The molecule has 0 bridgehead atoms. The van der Waals surface area contributed by atoms with Gasteiger partial charge in [0.05, 0.1) is 29.1 Å². The molecule has 3 heterocycles. The summed E-state index contributed by atoms with van der Waals surface area (Å²) in [7, 11) is 0. The number of aliphatic imine (C=N–C) groups is 1. The summed E-state index contributed by atoms with van der Waals surface area (Å²) in [6.07, 6.45) is 4.69. The first-order valence-corrected chi connectivity index (χ1v) is 11.1. The summed E-state index contributed by atoms with van der Waals surface area (Å²) in [6.45, 7) is 5.95. The molecule has 1 saturated heterocycles. The zero-order chi connectivity index (χ0) is 22.0. The lowest BCUT2D eigenvalue weighted by Crippen LogP contribution is -2.40. The van der Waals surface area contributed by atoms with Crippen molar-refractivity contribution in [3.05, 3.63) is 64.0 Å². The molecule has 0 saturated carbocycles. The molecule has 8 heteroatoms. The number of anilines is 2. The highest BCUT2D eigenvalue weighted by Gasteiger charge is 2.24. The first-order valence-electron chi connectivity index (χ1n) is 10.4. The minimum Gasteiger partial charge on any atom is -0.372 e. The molecular weight excluding hydrogens is 435 g/mol. The standard InChI is InChI=1S/C23H26Cl2N4O2/c1-15-11-23(30)29(16(2)27-15)19-3-4-22(21(25)13-19)28-9-6-20(7-10-28)31-14-18-12-17(24)5-8-26-18/h3-5,8,11-13,20,23,30H,6-7,9-10,14H2,1-2H3. The molecule has 1 aromatic carbocycles. The van der Waals surface area contributed by atoms with Crippen LogP contribution in [0.5, 0.6) is 0 Å². The maximum absolute atomic E-state index is 10.4. The van der Waals surface area contributed by atoms with Crippen molar-refractivity contribution in [3.63, 3.8) is 0 Å². The summed E-state index contributed by atoms with van der Waals surface area (Å²) in [5.41, 5.74) is 3.46. The molecule has 31 heavy (non-hydrogen) atoms. The molecule has 0 radical (unpaired) electrons. The van der Waals surface area contributed by atoms with E-state index < -0.39 is 6.23 Å². The molecule has 4 rings (SSSR count). The van der Waals surface area contributed by atoms with Crippen LogP contribution in [0.3, 0.4) is 0 Å². The molecule has 1 atom stereocenters. The summed E-state index contributed by atoms with van der Waals surface area (Å²) in [5.74, 6) is 0.739. The fourth-order valence-corrected chi connectivity index (χ4v) is 4.54. The minimum absolute atomic E-state index is 0.187. The largest absolute Gasteiger partial charge is 0.372 e. The van der Waals surface area contributed by atoms with Crippen LogP contribution in [-0.2, 0) is 11.3 Å². The summed E-state index contributed by atoms with van der Waals surface area (Å²) in [5, 5.41) is 11.8. The number of nitrogens with zero attached hydrogens (tertiary/aromatic N) is 4. The fourth-order valence-electron chi connectivity index (χ4n) is 4.06. The highest BCUT2D eigenvalue weighted by atomic mass is 35.5. The van der Waals surface area contributed by atoms with Crippen molar-refractivity contribution in [2.24, 2.45) is 4.99 Å². The van der Waals surface area contributed by atoms with Gasteiger partial charge in [-0.05, 0) is 63.1 Å². The quantitative estimate of drug-likeness (QED) is 0.677. The van der Waals surface area contributed by atoms with E-state index >= 15 is 0 Å². The van der Waals surface area contributed by atoms with E-state index in [0.717, 1.165) is 54.5 Å². The monoisotopic (exact) mass is 460 g/mol. The molecule has 6 nitrogen and oxygen atoms in total. The van der Waals surface area contributed by atoms with Crippen molar-refractivity contribution >= 4 is 40.4 Å². The number of pyridine rings is 1. The van der Waals surface area contributed by atoms with E-state index in [1.165, 1.54) is 0 Å². The summed E-state index contributed by atoms with van der Waals surface area (Å²) in [6, 6.07) is 9.48. The Balaban J connectivity index is 1.36. The molecule has 164 valence electrons. The molecule has 1 fully saturated rings. The van der Waals surface area contributed by atoms with Crippen LogP contribution >= 0.6 is 23.2 Å². The van der Waals surface area contributed by atoms with Crippen LogP contribution in [0.2, 0.25) is 10.0 Å². The van der Waals surface area contributed by atoms with Crippen LogP contribution in [-0.4, -0.2) is 41.3 Å². The van der Waals surface area contributed by atoms with Crippen LogP contribution in [0.1, 0.15) is 32.4 Å². The van der Waals surface area contributed by atoms with Crippen molar-refractivity contribution in [1.29, 1.82) is 0 Å². The number of rotatable bonds is 5. The number of aliphatic hydroxyl groups is 1. The highest BCUT2D eigenvalue weighted by Crippen LogP contribution is 2.34. The number of aliphatic hydroxyl groups excluding tert-OH is 1. The zero-order valence-electron chi connectivity index (χ0n) is 17.6. The van der Waals surface area contributed by atoms with Gasteiger partial charge in [0.25, 0.3) is 0 Å². The van der Waals surface area contributed by atoms with Gasteiger partial charge in [-0.1, -0.05) is 23.2 Å². The second kappa shape index (κ2) is 9.57. The second-order valence-electron chi connectivity index (χ2n) is 7.85. The molecule has 0 spiro atoms. The zero-order valence-corrected chi connectivity index (χ0v) is 19.1. The molecule has 2 aliphatic heterocycles. The fraction of sp³-hybridized carbons (Fsp3) is 0.391. The Morgan fingerprint density at radius 1 is 1.13 bits per heavy atom. The Hall–Kier alpha value is -2.12. The Labute approximate surface area is 192 Å². The molecule has 1 N–H and O–H groups in total. The molecule has 1 unspecified atom stereocenters. The number of allylic oxidation sites excluding steroid dienone is 1. The van der Waals surface area contributed by atoms with Crippen LogP contribution in [0.25, 0.3) is 0 Å². The maximum atomic E-state index is 10.4. The van der Waals surface area contributed by atoms with Gasteiger partial charge in [0.2, 0.25) is 0 Å². The average molecular weight is 461 g/mol. The summed E-state index contributed by atoms with van der Waals surface area (Å²) < 4.78 is 6.04. The lowest BCUT2D eigenvalue weighted by molar-refractivity contribution is 0.0234. The van der Waals surface area contributed by atoms with Crippen LogP contribution in [0.4, 0.5) is 11.4 Å². The lowest BCUT2D eigenvalue weighted by atomic mass is 10.1. The van der Waals surface area contributed by atoms with Crippen molar-refractivity contribution in [2.45, 2.75) is 45.6 Å². The van der Waals surface area contributed by atoms with E-state index in [-0.39, 0.29) is 6.10 Å². The van der Waals surface area contributed by atoms with E-state index in [4.69, 9.17) is 27.9 Å². The molecule has 1 aromatic heterocycles. The Kier molecular flexibility index (Phi) is 6.82. The average Bonchev–Trinajstić information content (AvgIpc) is 2.72. The third kappa shape index (κ3) is 5.21. The van der Waals surface area contributed by atoms with Gasteiger partial charge in [-0.2, -0.15) is 0 Å². The third-order valence-corrected chi connectivity index (χ3v) is 6.12. The summed E-state index contributed by atoms with van der Waals surface area (Å²) >= 11 is 12.7. The molecule has 0 aliphatic carbocycles. The van der Waals surface area contributed by atoms with Crippen molar-refractivity contribution in [3.8, 4) is 0 Å². The predicted molar refractivity (Wildman–Crippen MR) is 126 cm³/mol. The number of benzene rings is 1. The number of hydrogen-bond donors (Lipinski definition) is 1. The Bertz CT molecular complexity index is 1000. The maximum Gasteiger partial charge on any atom is 0.153 e. The topological polar surface area (TPSA) is 61.2 Å². The van der Waals surface area contributed by atoms with E-state index in [9.17, 15) is 5.11 Å². The van der Waals surface area contributed by atoms with E-state index in [1.54, 1.807) is 23.2 Å². The first kappa shape index (κ1) is 22.1. The van der Waals surface area contributed by atoms with Gasteiger partial charge in [0.1, 0.15) is 5.84 Å². The van der Waals surface area contributed by atoms with E-state index in [2.05, 4.69) is 14.9 Å². The lowest BCUT2D eigenvalue weighted by Gasteiger charge is -2.35. The van der Waals surface area contributed by atoms with Gasteiger partial charge >= 0.3 is 0 Å². The minimum atomic E-state index is -0.749. The smallest absolute Gasteiger partial charge is 0.153 e. The molecular formula is C23H26Cl2N4O2. The van der Waals surface area contributed by atoms with E-state index in [1.807, 2.05) is 38.1 Å². The third-order valence-electron chi connectivity index (χ3n) is 5.58. The van der Waals surface area contributed by atoms with Gasteiger partial charge in [0.15, 0.2) is 6.23 Å².